The van der Waals surface area contributed by atoms with Crippen molar-refractivity contribution in [1.29, 1.82) is 0 Å². The maximum atomic E-state index is 5.47. The summed E-state index contributed by atoms with van der Waals surface area (Å²) in [5.41, 5.74) is 0. The molecular formula is C11H26NO2+. The fourth-order valence-corrected chi connectivity index (χ4v) is 1.32. The average Bonchev–Trinajstić information content (AvgIpc) is 2.02. The van der Waals surface area contributed by atoms with E-state index < -0.39 is 0 Å². The van der Waals surface area contributed by atoms with Crippen molar-refractivity contribution in [2.24, 2.45) is 0 Å². The molecule has 0 radical (unpaired) electrons. The molecule has 0 saturated heterocycles. The molecule has 0 fully saturated rings. The molecule has 3 heteroatoms. The van der Waals surface area contributed by atoms with E-state index in [-0.39, 0.29) is 6.29 Å². The quantitative estimate of drug-likeness (QED) is 0.444. The molecule has 86 valence electrons. The maximum absolute atomic E-state index is 5.47. The molecule has 0 aliphatic heterocycles. The summed E-state index contributed by atoms with van der Waals surface area (Å²) in [4.78, 5) is 0. The average molecular weight is 204 g/mol. The van der Waals surface area contributed by atoms with E-state index in [4.69, 9.17) is 9.47 Å². The van der Waals surface area contributed by atoms with Gasteiger partial charge in [-0.25, -0.2) is 0 Å². The zero-order valence-electron chi connectivity index (χ0n) is 10.4. The van der Waals surface area contributed by atoms with Gasteiger partial charge in [0.1, 0.15) is 0 Å². The first kappa shape index (κ1) is 13.9. The normalized spacial score (nSPS) is 12.4. The van der Waals surface area contributed by atoms with Crippen molar-refractivity contribution >= 4 is 0 Å². The van der Waals surface area contributed by atoms with E-state index in [1.54, 1.807) is 0 Å². The molecule has 0 amide bonds. The molecule has 0 aromatic heterocycles. The first-order valence-corrected chi connectivity index (χ1v) is 5.53. The summed E-state index contributed by atoms with van der Waals surface area (Å²) >= 11 is 0. The molecule has 3 nitrogen and oxygen atoms in total. The van der Waals surface area contributed by atoms with Gasteiger partial charge in [-0.1, -0.05) is 0 Å². The molecule has 0 unspecified atom stereocenters. The molecule has 0 saturated carbocycles. The van der Waals surface area contributed by atoms with Gasteiger partial charge in [0.05, 0.1) is 27.7 Å². The molecule has 0 heterocycles. The third kappa shape index (κ3) is 8.48. The standard InChI is InChI=1S/C11H26NO2/c1-6-13-11(14-7-2)9-8-10-12(3,4)5/h11H,6-10H2,1-5H3/q+1. The van der Waals surface area contributed by atoms with Crippen LogP contribution in [-0.2, 0) is 9.47 Å². The summed E-state index contributed by atoms with van der Waals surface area (Å²) in [6.07, 6.45) is 2.14. The first-order chi connectivity index (χ1) is 6.49. The Morgan fingerprint density at radius 3 is 1.86 bits per heavy atom. The fourth-order valence-electron chi connectivity index (χ4n) is 1.32. The molecule has 0 aliphatic rings. The van der Waals surface area contributed by atoms with Crippen molar-refractivity contribution in [3.8, 4) is 0 Å². The minimum absolute atomic E-state index is 0.00319. The van der Waals surface area contributed by atoms with E-state index in [9.17, 15) is 0 Å². The first-order valence-electron chi connectivity index (χ1n) is 5.53. The van der Waals surface area contributed by atoms with E-state index in [1.165, 1.54) is 0 Å². The van der Waals surface area contributed by atoms with Crippen molar-refractivity contribution < 1.29 is 14.0 Å². The van der Waals surface area contributed by atoms with Crippen LogP contribution in [0.1, 0.15) is 26.7 Å². The number of hydrogen-bond acceptors (Lipinski definition) is 2. The lowest BCUT2D eigenvalue weighted by Gasteiger charge is -2.25. The van der Waals surface area contributed by atoms with Gasteiger partial charge < -0.3 is 14.0 Å². The summed E-state index contributed by atoms with van der Waals surface area (Å²) in [7, 11) is 6.61. The summed E-state index contributed by atoms with van der Waals surface area (Å²) in [6.45, 7) is 6.64. The van der Waals surface area contributed by atoms with Crippen molar-refractivity contribution in [3.63, 3.8) is 0 Å². The summed E-state index contributed by atoms with van der Waals surface area (Å²) in [5.74, 6) is 0. The van der Waals surface area contributed by atoms with Gasteiger partial charge in [-0.05, 0) is 13.8 Å². The molecule has 0 aliphatic carbocycles. The van der Waals surface area contributed by atoms with Crippen LogP contribution in [-0.4, -0.2) is 51.7 Å². The highest BCUT2D eigenvalue weighted by atomic mass is 16.7. The second-order valence-electron chi connectivity index (χ2n) is 4.50. The van der Waals surface area contributed by atoms with Crippen molar-refractivity contribution in [3.05, 3.63) is 0 Å². The fraction of sp³-hybridized carbons (Fsp3) is 1.00. The number of ether oxygens (including phenoxy) is 2. The summed E-state index contributed by atoms with van der Waals surface area (Å²) in [5, 5.41) is 0. The highest BCUT2D eigenvalue weighted by Gasteiger charge is 2.11. The Hall–Kier alpha value is -0.120. The van der Waals surface area contributed by atoms with Crippen LogP contribution in [0.25, 0.3) is 0 Å². The van der Waals surface area contributed by atoms with E-state index in [2.05, 4.69) is 21.1 Å². The minimum Gasteiger partial charge on any atom is -0.353 e. The highest BCUT2D eigenvalue weighted by Crippen LogP contribution is 2.06. The number of hydrogen-bond donors (Lipinski definition) is 0. The third-order valence-electron chi connectivity index (χ3n) is 1.97. The minimum atomic E-state index is -0.00319. The molecule has 0 bridgehead atoms. The zero-order chi connectivity index (χ0) is 11.0. The Morgan fingerprint density at radius 2 is 1.50 bits per heavy atom. The van der Waals surface area contributed by atoms with Gasteiger partial charge in [-0.3, -0.25) is 0 Å². The lowest BCUT2D eigenvalue weighted by atomic mass is 10.3. The zero-order valence-corrected chi connectivity index (χ0v) is 10.4. The van der Waals surface area contributed by atoms with E-state index in [0.29, 0.717) is 0 Å². The lowest BCUT2D eigenvalue weighted by molar-refractivity contribution is -0.870. The second kappa shape index (κ2) is 7.21. The molecular weight excluding hydrogens is 178 g/mol. The van der Waals surface area contributed by atoms with Gasteiger partial charge in [-0.2, -0.15) is 0 Å². The largest absolute Gasteiger partial charge is 0.353 e. The Balaban J connectivity index is 3.60. The molecule has 0 N–H and O–H groups in total. The third-order valence-corrected chi connectivity index (χ3v) is 1.97. The van der Waals surface area contributed by atoms with Crippen LogP contribution in [0.3, 0.4) is 0 Å². The monoisotopic (exact) mass is 204 g/mol. The Kier molecular flexibility index (Phi) is 7.15. The van der Waals surface area contributed by atoms with E-state index >= 15 is 0 Å². The maximum Gasteiger partial charge on any atom is 0.157 e. The second-order valence-corrected chi connectivity index (χ2v) is 4.50. The van der Waals surface area contributed by atoms with Crippen molar-refractivity contribution in [2.45, 2.75) is 33.0 Å². The van der Waals surface area contributed by atoms with E-state index in [1.807, 2.05) is 13.8 Å². The van der Waals surface area contributed by atoms with Gasteiger partial charge in [0.25, 0.3) is 0 Å². The lowest BCUT2D eigenvalue weighted by Crippen LogP contribution is -2.35. The molecule has 0 rings (SSSR count). The van der Waals surface area contributed by atoms with Gasteiger partial charge in [0.15, 0.2) is 6.29 Å². The number of nitrogens with zero attached hydrogens (tertiary/aromatic N) is 1. The SMILES string of the molecule is CCOC(CCC[N+](C)(C)C)OCC. The molecule has 0 spiro atoms. The van der Waals surface area contributed by atoms with Gasteiger partial charge in [0.2, 0.25) is 0 Å². The van der Waals surface area contributed by atoms with Crippen LogP contribution in [0.4, 0.5) is 0 Å². The summed E-state index contributed by atoms with van der Waals surface area (Å²) < 4.78 is 11.9. The topological polar surface area (TPSA) is 18.5 Å². The Morgan fingerprint density at radius 1 is 1.00 bits per heavy atom. The molecule has 14 heavy (non-hydrogen) atoms. The van der Waals surface area contributed by atoms with Gasteiger partial charge in [0, 0.05) is 26.1 Å². The van der Waals surface area contributed by atoms with Crippen LogP contribution < -0.4 is 0 Å². The van der Waals surface area contributed by atoms with Crippen LogP contribution >= 0.6 is 0 Å². The van der Waals surface area contributed by atoms with Crippen LogP contribution in [0.2, 0.25) is 0 Å². The Bertz CT molecular complexity index is 126. The van der Waals surface area contributed by atoms with Crippen molar-refractivity contribution in [2.75, 3.05) is 40.9 Å². The van der Waals surface area contributed by atoms with Gasteiger partial charge >= 0.3 is 0 Å². The van der Waals surface area contributed by atoms with Crippen LogP contribution in [0.5, 0.6) is 0 Å². The molecule has 0 aromatic carbocycles. The molecule has 0 atom stereocenters. The smallest absolute Gasteiger partial charge is 0.157 e. The van der Waals surface area contributed by atoms with Gasteiger partial charge in [-0.15, -0.1) is 0 Å². The number of rotatable bonds is 8. The van der Waals surface area contributed by atoms with Crippen LogP contribution in [0, 0.1) is 0 Å². The van der Waals surface area contributed by atoms with E-state index in [0.717, 1.165) is 37.1 Å². The molecule has 0 aromatic rings. The highest BCUT2D eigenvalue weighted by molar-refractivity contribution is 4.45. The predicted octanol–water partition coefficient (Wildman–Crippen LogP) is 1.87. The summed E-state index contributed by atoms with van der Waals surface area (Å²) in [6, 6.07) is 0. The Labute approximate surface area is 88.6 Å². The number of quaternary nitrogens is 1. The van der Waals surface area contributed by atoms with Crippen molar-refractivity contribution in [1.82, 2.24) is 0 Å². The predicted molar refractivity (Wildman–Crippen MR) is 59.2 cm³/mol. The van der Waals surface area contributed by atoms with Crippen LogP contribution in [0.15, 0.2) is 0 Å².